The van der Waals surface area contributed by atoms with Crippen molar-refractivity contribution < 1.29 is 0 Å². The van der Waals surface area contributed by atoms with Crippen LogP contribution in [0.25, 0.3) is 22.0 Å². The van der Waals surface area contributed by atoms with Gasteiger partial charge in [-0.15, -0.1) is 0 Å². The van der Waals surface area contributed by atoms with E-state index in [0.29, 0.717) is 21.3 Å². The maximum atomic E-state index is 14.1. The standard InChI is InChI=1S/C27H22Cl2N4O/c1-32-15-31-14-22(32)23(16-9-11-18(28)12-10-16)26-24(17-5-3-6-19(29)13-17)25-20(30)7-4-8-21(25)33(2)27(26)34/h3-15,23H,30H2,1-2H3. The van der Waals surface area contributed by atoms with Crippen molar-refractivity contribution in [2.45, 2.75) is 5.92 Å². The fourth-order valence-electron chi connectivity index (χ4n) is 4.64. The van der Waals surface area contributed by atoms with Gasteiger partial charge in [-0.25, -0.2) is 4.98 Å². The molecule has 0 radical (unpaired) electrons. The minimum Gasteiger partial charge on any atom is -0.398 e. The zero-order chi connectivity index (χ0) is 24.0. The highest BCUT2D eigenvalue weighted by Gasteiger charge is 2.29. The Hall–Kier alpha value is -3.54. The number of nitrogens with two attached hydrogens (primary N) is 1. The van der Waals surface area contributed by atoms with Gasteiger partial charge < -0.3 is 14.9 Å². The van der Waals surface area contributed by atoms with Gasteiger partial charge in [0.05, 0.1) is 17.8 Å². The molecule has 0 aliphatic heterocycles. The molecular weight excluding hydrogens is 467 g/mol. The average molecular weight is 489 g/mol. The number of aryl methyl sites for hydroxylation is 2. The molecule has 170 valence electrons. The molecule has 0 aliphatic carbocycles. The summed E-state index contributed by atoms with van der Waals surface area (Å²) in [7, 11) is 3.70. The van der Waals surface area contributed by atoms with Crippen molar-refractivity contribution in [1.82, 2.24) is 14.1 Å². The third-order valence-electron chi connectivity index (χ3n) is 6.25. The molecule has 3 aromatic carbocycles. The summed E-state index contributed by atoms with van der Waals surface area (Å²) in [5, 5.41) is 2.01. The fourth-order valence-corrected chi connectivity index (χ4v) is 4.96. The lowest BCUT2D eigenvalue weighted by atomic mass is 9.82. The Morgan fingerprint density at radius 3 is 2.35 bits per heavy atom. The van der Waals surface area contributed by atoms with Crippen LogP contribution in [0.5, 0.6) is 0 Å². The van der Waals surface area contributed by atoms with Gasteiger partial charge >= 0.3 is 0 Å². The lowest BCUT2D eigenvalue weighted by Crippen LogP contribution is -2.27. The van der Waals surface area contributed by atoms with Crippen LogP contribution >= 0.6 is 23.2 Å². The predicted molar refractivity (Wildman–Crippen MR) is 140 cm³/mol. The topological polar surface area (TPSA) is 65.8 Å². The van der Waals surface area contributed by atoms with E-state index in [2.05, 4.69) is 4.98 Å². The van der Waals surface area contributed by atoms with Crippen molar-refractivity contribution in [1.29, 1.82) is 0 Å². The van der Waals surface area contributed by atoms with Gasteiger partial charge in [0.25, 0.3) is 5.56 Å². The largest absolute Gasteiger partial charge is 0.398 e. The third kappa shape index (κ3) is 3.67. The number of halogens is 2. The summed E-state index contributed by atoms with van der Waals surface area (Å²) >= 11 is 12.6. The average Bonchev–Trinajstić information content (AvgIpc) is 3.24. The van der Waals surface area contributed by atoms with Gasteiger partial charge in [-0.1, -0.05) is 53.5 Å². The molecular formula is C27H22Cl2N4O. The Balaban J connectivity index is 1.99. The highest BCUT2D eigenvalue weighted by molar-refractivity contribution is 6.31. The monoisotopic (exact) mass is 488 g/mol. The number of hydrogen-bond donors (Lipinski definition) is 1. The predicted octanol–water partition coefficient (Wildman–Crippen LogP) is 6.01. The number of fused-ring (bicyclic) bond motifs is 1. The van der Waals surface area contributed by atoms with Gasteiger partial charge in [-0.3, -0.25) is 4.79 Å². The van der Waals surface area contributed by atoms with Crippen LogP contribution in [0.15, 0.2) is 84.0 Å². The molecule has 0 fully saturated rings. The molecule has 2 aromatic heterocycles. The summed E-state index contributed by atoms with van der Waals surface area (Å²) in [6.45, 7) is 0. The van der Waals surface area contributed by atoms with Crippen molar-refractivity contribution in [2.75, 3.05) is 5.73 Å². The van der Waals surface area contributed by atoms with Crippen molar-refractivity contribution in [3.05, 3.63) is 116 Å². The van der Waals surface area contributed by atoms with E-state index < -0.39 is 5.92 Å². The molecule has 0 saturated carbocycles. The first-order chi connectivity index (χ1) is 16.4. The van der Waals surface area contributed by atoms with Crippen molar-refractivity contribution in [2.24, 2.45) is 14.1 Å². The minimum atomic E-state index is -0.415. The third-order valence-corrected chi connectivity index (χ3v) is 6.73. The molecule has 1 unspecified atom stereocenters. The number of anilines is 1. The maximum absolute atomic E-state index is 14.1. The van der Waals surface area contributed by atoms with Crippen LogP contribution in [0.3, 0.4) is 0 Å². The Bertz CT molecular complexity index is 1590. The molecule has 0 saturated heterocycles. The van der Waals surface area contributed by atoms with E-state index in [0.717, 1.165) is 33.3 Å². The smallest absolute Gasteiger partial charge is 0.255 e. The summed E-state index contributed by atoms with van der Waals surface area (Å²) in [5.41, 5.74) is 11.7. The Morgan fingerprint density at radius 2 is 1.68 bits per heavy atom. The maximum Gasteiger partial charge on any atom is 0.255 e. The van der Waals surface area contributed by atoms with Gasteiger partial charge in [0, 0.05) is 58.2 Å². The van der Waals surface area contributed by atoms with E-state index in [-0.39, 0.29) is 5.56 Å². The molecule has 1 atom stereocenters. The molecule has 34 heavy (non-hydrogen) atoms. The first kappa shape index (κ1) is 22.3. The van der Waals surface area contributed by atoms with Crippen LogP contribution in [0.1, 0.15) is 22.7 Å². The molecule has 2 heterocycles. The number of rotatable bonds is 4. The zero-order valence-electron chi connectivity index (χ0n) is 18.7. The van der Waals surface area contributed by atoms with Gasteiger partial charge in [-0.2, -0.15) is 0 Å². The minimum absolute atomic E-state index is 0.116. The number of nitrogen functional groups attached to an aromatic ring is 1. The summed E-state index contributed by atoms with van der Waals surface area (Å²) in [4.78, 5) is 18.4. The SMILES string of the molecule is Cn1cncc1C(c1ccc(Cl)cc1)c1c(-c2cccc(Cl)c2)c2c(N)cccc2n(C)c1=O. The second-order valence-electron chi connectivity index (χ2n) is 8.32. The highest BCUT2D eigenvalue weighted by Crippen LogP contribution is 2.41. The molecule has 5 rings (SSSR count). The Morgan fingerprint density at radius 1 is 0.941 bits per heavy atom. The number of benzene rings is 3. The molecule has 7 heteroatoms. The second-order valence-corrected chi connectivity index (χ2v) is 9.19. The van der Waals surface area contributed by atoms with Crippen LogP contribution in [0.4, 0.5) is 5.69 Å². The Kier molecular flexibility index (Phi) is 5.68. The molecule has 0 spiro atoms. The van der Waals surface area contributed by atoms with Crippen molar-refractivity contribution in [3.8, 4) is 11.1 Å². The van der Waals surface area contributed by atoms with Gasteiger partial charge in [0.15, 0.2) is 0 Å². The van der Waals surface area contributed by atoms with Crippen LogP contribution in [0, 0.1) is 0 Å². The van der Waals surface area contributed by atoms with E-state index in [1.165, 1.54) is 0 Å². The van der Waals surface area contributed by atoms with Crippen LogP contribution < -0.4 is 11.3 Å². The van der Waals surface area contributed by atoms with E-state index >= 15 is 0 Å². The molecule has 0 bridgehead atoms. The zero-order valence-corrected chi connectivity index (χ0v) is 20.2. The van der Waals surface area contributed by atoms with Crippen LogP contribution in [0.2, 0.25) is 10.0 Å². The molecule has 2 N–H and O–H groups in total. The molecule has 0 amide bonds. The van der Waals surface area contributed by atoms with E-state index in [1.807, 2.05) is 78.3 Å². The second kappa shape index (κ2) is 8.67. The van der Waals surface area contributed by atoms with Crippen LogP contribution in [-0.4, -0.2) is 14.1 Å². The number of pyridine rings is 1. The molecule has 0 aliphatic rings. The number of aromatic nitrogens is 3. The summed E-state index contributed by atoms with van der Waals surface area (Å²) < 4.78 is 3.59. The Labute approximate surface area is 207 Å². The molecule has 5 nitrogen and oxygen atoms in total. The summed E-state index contributed by atoms with van der Waals surface area (Å²) in [6, 6.07) is 20.7. The van der Waals surface area contributed by atoms with E-state index in [4.69, 9.17) is 28.9 Å². The number of nitrogens with zero attached hydrogens (tertiary/aromatic N) is 3. The summed E-state index contributed by atoms with van der Waals surface area (Å²) in [6.07, 6.45) is 3.52. The van der Waals surface area contributed by atoms with E-state index in [9.17, 15) is 4.79 Å². The quantitative estimate of drug-likeness (QED) is 0.315. The first-order valence-electron chi connectivity index (χ1n) is 10.8. The van der Waals surface area contributed by atoms with Gasteiger partial charge in [-0.05, 0) is 47.5 Å². The fraction of sp³-hybridized carbons (Fsp3) is 0.111. The highest BCUT2D eigenvalue weighted by atomic mass is 35.5. The lowest BCUT2D eigenvalue weighted by Gasteiger charge is -2.24. The lowest BCUT2D eigenvalue weighted by molar-refractivity contribution is 0.774. The van der Waals surface area contributed by atoms with Crippen molar-refractivity contribution in [3.63, 3.8) is 0 Å². The molecule has 5 aromatic rings. The van der Waals surface area contributed by atoms with Gasteiger partial charge in [0.1, 0.15) is 0 Å². The number of hydrogen-bond acceptors (Lipinski definition) is 3. The van der Waals surface area contributed by atoms with Crippen molar-refractivity contribution >= 4 is 39.8 Å². The van der Waals surface area contributed by atoms with Crippen LogP contribution in [-0.2, 0) is 14.1 Å². The normalized spacial score (nSPS) is 12.2. The van der Waals surface area contributed by atoms with Gasteiger partial charge in [0.2, 0.25) is 0 Å². The summed E-state index contributed by atoms with van der Waals surface area (Å²) in [5.74, 6) is -0.415. The van der Waals surface area contributed by atoms with E-state index in [1.54, 1.807) is 24.1 Å². The first-order valence-corrected chi connectivity index (χ1v) is 11.5. The number of imidazole rings is 1.